The fourth-order valence-corrected chi connectivity index (χ4v) is 8.62. The molecule has 0 bridgehead atoms. The molecule has 2 aromatic heterocycles. The molecule has 6 heteroatoms. The van der Waals surface area contributed by atoms with E-state index in [4.69, 9.17) is 9.92 Å². The summed E-state index contributed by atoms with van der Waals surface area (Å²) >= 11 is 0. The highest BCUT2D eigenvalue weighted by atomic mass is 28.3. The number of benzene rings is 4. The molecule has 43 heavy (non-hydrogen) atoms. The second kappa shape index (κ2) is 10.4. The highest BCUT2D eigenvalue weighted by molar-refractivity contribution is 7.00. The van der Waals surface area contributed by atoms with Crippen molar-refractivity contribution in [3.05, 3.63) is 115 Å². The van der Waals surface area contributed by atoms with Crippen molar-refractivity contribution < 1.29 is 4.94 Å². The SMILES string of the molecule is CC(C)c1ccnc(-n2c3ccccc3c3ccc([Si](C)(C)c4cccc(N5ON(C(C)C)c6ccccc65)c4)cc32)c1. The lowest BCUT2D eigenvalue weighted by molar-refractivity contribution is 0.113. The van der Waals surface area contributed by atoms with Gasteiger partial charge >= 0.3 is 0 Å². The van der Waals surface area contributed by atoms with Crippen LogP contribution in [0.2, 0.25) is 13.1 Å². The Hall–Kier alpha value is -4.39. The zero-order valence-electron chi connectivity index (χ0n) is 25.7. The first kappa shape index (κ1) is 27.4. The van der Waals surface area contributed by atoms with E-state index >= 15 is 0 Å². The molecule has 4 aromatic carbocycles. The number of nitrogens with zero attached hydrogens (tertiary/aromatic N) is 4. The minimum Gasteiger partial charge on any atom is -0.294 e. The van der Waals surface area contributed by atoms with Crippen LogP contribution in [0.5, 0.6) is 0 Å². The van der Waals surface area contributed by atoms with Gasteiger partial charge in [-0.3, -0.25) is 4.57 Å². The van der Waals surface area contributed by atoms with Gasteiger partial charge in [-0.1, -0.05) is 91.9 Å². The Morgan fingerprint density at radius 1 is 0.674 bits per heavy atom. The Morgan fingerprint density at radius 2 is 1.40 bits per heavy atom. The van der Waals surface area contributed by atoms with Crippen molar-refractivity contribution in [2.75, 3.05) is 10.1 Å². The topological polar surface area (TPSA) is 33.5 Å². The first-order valence-corrected chi connectivity index (χ1v) is 18.2. The summed E-state index contributed by atoms with van der Waals surface area (Å²) < 4.78 is 2.34. The number of anilines is 3. The monoisotopic (exact) mass is 582 g/mol. The van der Waals surface area contributed by atoms with Crippen molar-refractivity contribution >= 4 is 57.3 Å². The van der Waals surface area contributed by atoms with E-state index in [9.17, 15) is 0 Å². The molecular formula is C37H38N4OSi. The summed E-state index contributed by atoms with van der Waals surface area (Å²) in [4.78, 5) is 11.3. The van der Waals surface area contributed by atoms with Gasteiger partial charge in [0.2, 0.25) is 0 Å². The maximum absolute atomic E-state index is 6.41. The molecule has 7 rings (SSSR count). The summed E-state index contributed by atoms with van der Waals surface area (Å²) in [6, 6.07) is 37.6. The van der Waals surface area contributed by atoms with Crippen molar-refractivity contribution in [1.29, 1.82) is 0 Å². The zero-order chi connectivity index (χ0) is 29.9. The quantitative estimate of drug-likeness (QED) is 0.185. The third-order valence-corrected chi connectivity index (χ3v) is 12.3. The highest BCUT2D eigenvalue weighted by Crippen LogP contribution is 2.42. The third-order valence-electron chi connectivity index (χ3n) is 8.84. The van der Waals surface area contributed by atoms with Crippen LogP contribution in [0, 0.1) is 0 Å². The van der Waals surface area contributed by atoms with Crippen LogP contribution >= 0.6 is 0 Å². The summed E-state index contributed by atoms with van der Waals surface area (Å²) in [5.41, 5.74) is 6.87. The number of rotatable bonds is 6. The normalized spacial score (nSPS) is 13.6. The van der Waals surface area contributed by atoms with E-state index < -0.39 is 8.07 Å². The maximum atomic E-state index is 6.41. The standard InChI is InChI=1S/C37H38N4OSi/c1-25(2)27-20-21-38-37(22-27)39-33-15-8-7-14-31(33)32-19-18-30(24-36(32)39)43(5,6)29-13-11-12-28(23-29)41-35-17-10-9-16-34(35)40(42-41)26(3)4/h7-26H,1-6H3. The van der Waals surface area contributed by atoms with Crippen molar-refractivity contribution in [3.63, 3.8) is 0 Å². The van der Waals surface area contributed by atoms with Gasteiger partial charge in [-0.15, -0.1) is 4.94 Å². The first-order chi connectivity index (χ1) is 20.7. The lowest BCUT2D eigenvalue weighted by Gasteiger charge is -2.27. The molecule has 0 saturated carbocycles. The van der Waals surface area contributed by atoms with Crippen LogP contribution < -0.4 is 20.5 Å². The molecule has 0 radical (unpaired) electrons. The smallest absolute Gasteiger partial charge is 0.137 e. The molecule has 5 nitrogen and oxygen atoms in total. The molecule has 0 spiro atoms. The molecule has 1 aliphatic rings. The predicted molar refractivity (Wildman–Crippen MR) is 183 cm³/mol. The maximum Gasteiger partial charge on any atom is 0.137 e. The average molecular weight is 583 g/mol. The van der Waals surface area contributed by atoms with Gasteiger partial charge in [0.25, 0.3) is 0 Å². The lowest BCUT2D eigenvalue weighted by atomic mass is 10.1. The van der Waals surface area contributed by atoms with E-state index in [0.717, 1.165) is 22.9 Å². The minimum atomic E-state index is -2.12. The van der Waals surface area contributed by atoms with Crippen molar-refractivity contribution in [3.8, 4) is 5.82 Å². The largest absolute Gasteiger partial charge is 0.294 e. The molecule has 0 amide bonds. The van der Waals surface area contributed by atoms with E-state index in [1.54, 1.807) is 0 Å². The van der Waals surface area contributed by atoms with Crippen LogP contribution in [0.3, 0.4) is 0 Å². The Bertz CT molecular complexity index is 1980. The summed E-state index contributed by atoms with van der Waals surface area (Å²) in [5, 5.41) is 9.20. The second-order valence-corrected chi connectivity index (χ2v) is 17.1. The van der Waals surface area contributed by atoms with Crippen LogP contribution in [-0.2, 0) is 4.94 Å². The number of hydroxylamine groups is 1. The van der Waals surface area contributed by atoms with Crippen LogP contribution in [0.1, 0.15) is 39.2 Å². The van der Waals surface area contributed by atoms with Crippen LogP contribution in [0.15, 0.2) is 109 Å². The highest BCUT2D eigenvalue weighted by Gasteiger charge is 2.32. The van der Waals surface area contributed by atoms with Crippen molar-refractivity contribution in [2.24, 2.45) is 0 Å². The van der Waals surface area contributed by atoms with Gasteiger partial charge in [-0.2, -0.15) is 5.06 Å². The number of pyridine rings is 1. The van der Waals surface area contributed by atoms with Crippen molar-refractivity contribution in [2.45, 2.75) is 52.7 Å². The number of hydrogen-bond acceptors (Lipinski definition) is 4. The average Bonchev–Trinajstić information content (AvgIpc) is 3.57. The third kappa shape index (κ3) is 4.53. The Kier molecular flexibility index (Phi) is 6.64. The zero-order valence-corrected chi connectivity index (χ0v) is 26.7. The van der Waals surface area contributed by atoms with E-state index in [1.807, 2.05) is 16.3 Å². The number of para-hydroxylation sites is 3. The van der Waals surface area contributed by atoms with Crippen LogP contribution in [-0.4, -0.2) is 23.7 Å². The Morgan fingerprint density at radius 3 is 2.19 bits per heavy atom. The van der Waals surface area contributed by atoms with Gasteiger partial charge in [0.05, 0.1) is 34.1 Å². The van der Waals surface area contributed by atoms with Gasteiger partial charge in [-0.25, -0.2) is 10.0 Å². The van der Waals surface area contributed by atoms with E-state index in [1.165, 1.54) is 37.7 Å². The fourth-order valence-electron chi connectivity index (χ4n) is 6.27. The molecule has 0 aliphatic carbocycles. The summed E-state index contributed by atoms with van der Waals surface area (Å²) in [7, 11) is -2.12. The summed E-state index contributed by atoms with van der Waals surface area (Å²) in [6.07, 6.45) is 1.94. The van der Waals surface area contributed by atoms with Crippen LogP contribution in [0.4, 0.5) is 17.1 Å². The van der Waals surface area contributed by atoms with E-state index in [-0.39, 0.29) is 6.04 Å². The first-order valence-electron chi connectivity index (χ1n) is 15.2. The molecule has 3 heterocycles. The Labute approximate surface area is 254 Å². The molecule has 216 valence electrons. The molecule has 0 N–H and O–H groups in total. The van der Waals surface area contributed by atoms with Crippen molar-refractivity contribution in [1.82, 2.24) is 9.55 Å². The van der Waals surface area contributed by atoms with Gasteiger partial charge in [0.1, 0.15) is 13.9 Å². The molecule has 0 unspecified atom stereocenters. The summed E-state index contributed by atoms with van der Waals surface area (Å²) in [5.74, 6) is 1.40. The molecule has 0 saturated heterocycles. The van der Waals surface area contributed by atoms with E-state index in [2.05, 4.69) is 148 Å². The fraction of sp³-hybridized carbons (Fsp3) is 0.216. The summed E-state index contributed by atoms with van der Waals surface area (Å²) in [6.45, 7) is 13.6. The molecule has 0 fully saturated rings. The molecule has 0 atom stereocenters. The molecular weight excluding hydrogens is 545 g/mol. The van der Waals surface area contributed by atoms with Gasteiger partial charge in [-0.05, 0) is 73.9 Å². The van der Waals surface area contributed by atoms with Crippen LogP contribution in [0.25, 0.3) is 27.6 Å². The van der Waals surface area contributed by atoms with Gasteiger partial charge in [0.15, 0.2) is 0 Å². The number of hydrogen-bond donors (Lipinski definition) is 0. The number of fused-ring (bicyclic) bond motifs is 4. The Balaban J connectivity index is 1.34. The minimum absolute atomic E-state index is 0.217. The van der Waals surface area contributed by atoms with Gasteiger partial charge in [0, 0.05) is 17.0 Å². The predicted octanol–water partition coefficient (Wildman–Crippen LogP) is 8.34. The molecule has 1 aliphatic heterocycles. The van der Waals surface area contributed by atoms with E-state index in [0.29, 0.717) is 5.92 Å². The lowest BCUT2D eigenvalue weighted by Crippen LogP contribution is -2.53. The molecule has 6 aromatic rings. The van der Waals surface area contributed by atoms with Gasteiger partial charge < -0.3 is 0 Å². The number of aromatic nitrogens is 2. The second-order valence-electron chi connectivity index (χ2n) is 12.6.